The fraction of sp³-hybridized carbons (Fsp3) is 0.194. The van der Waals surface area contributed by atoms with Crippen LogP contribution < -0.4 is 0 Å². The fourth-order valence-corrected chi connectivity index (χ4v) is 7.27. The molecule has 0 saturated carbocycles. The van der Waals surface area contributed by atoms with Gasteiger partial charge in [-0.2, -0.15) is 0 Å². The van der Waals surface area contributed by atoms with Gasteiger partial charge in [0.15, 0.2) is 58.9 Å². The molecular formula is C36H24O22. The van der Waals surface area contributed by atoms with Gasteiger partial charge in [0.1, 0.15) is 24.6 Å². The highest BCUT2D eigenvalue weighted by atomic mass is 16.6. The predicted molar refractivity (Wildman–Crippen MR) is 178 cm³/mol. The van der Waals surface area contributed by atoms with Crippen molar-refractivity contribution in [2.45, 2.75) is 36.6 Å². The van der Waals surface area contributed by atoms with Crippen molar-refractivity contribution in [3.05, 3.63) is 68.8 Å². The Labute approximate surface area is 319 Å². The van der Waals surface area contributed by atoms with Gasteiger partial charge in [-0.1, -0.05) is 0 Å². The summed E-state index contributed by atoms with van der Waals surface area (Å²) in [7, 11) is 0. The minimum atomic E-state index is -2.65. The molecule has 300 valence electrons. The number of aromatic hydroxyl groups is 10. The highest BCUT2D eigenvalue weighted by Gasteiger charge is 2.52. The molecule has 0 radical (unpaired) electrons. The molecule has 0 amide bonds. The van der Waals surface area contributed by atoms with E-state index in [-0.39, 0.29) is 0 Å². The zero-order chi connectivity index (χ0) is 42.0. The topological polar surface area (TPSA) is 374 Å². The van der Waals surface area contributed by atoms with Gasteiger partial charge in [-0.15, -0.1) is 0 Å². The zero-order valence-electron chi connectivity index (χ0n) is 28.4. The van der Waals surface area contributed by atoms with Crippen molar-refractivity contribution >= 4 is 29.8 Å². The standard InChI is InChI=1S/C36H24O22/c37-11-2-8-15(24(44)20(11)40)16-9(3-12(38)21(41)25(16)45)36(53)56-29-14(5-54-32(8)49)55-33(50)10-4-13(39)22(42)26(46)19(10)30-17-6(34(51)57-30)1-7-18(23(17)43)31(58-35(7)52)28(48)27(29)47/h1-4,14,27-31,37-48H,5H2. The molecule has 58 heavy (non-hydrogen) atoms. The smallest absolute Gasteiger partial charge is 0.339 e. The van der Waals surface area contributed by atoms with Gasteiger partial charge in [-0.3, -0.25) is 0 Å². The van der Waals surface area contributed by atoms with E-state index in [2.05, 4.69) is 0 Å². The van der Waals surface area contributed by atoms with Crippen LogP contribution in [0.5, 0.6) is 57.5 Å². The van der Waals surface area contributed by atoms with Crippen molar-refractivity contribution in [1.82, 2.24) is 0 Å². The summed E-state index contributed by atoms with van der Waals surface area (Å²) in [6.45, 7) is -1.34. The molecule has 0 aromatic heterocycles. The molecule has 0 fully saturated rings. The fourth-order valence-electron chi connectivity index (χ4n) is 7.27. The van der Waals surface area contributed by atoms with Crippen molar-refractivity contribution in [2.75, 3.05) is 6.61 Å². The number of carbonyl (C=O) groups excluding carboxylic acids is 5. The van der Waals surface area contributed by atoms with E-state index in [1.165, 1.54) is 0 Å². The summed E-state index contributed by atoms with van der Waals surface area (Å²) in [5, 5.41) is 130. The van der Waals surface area contributed by atoms with Gasteiger partial charge in [0.2, 0.25) is 17.2 Å². The lowest BCUT2D eigenvalue weighted by Crippen LogP contribution is -2.52. The van der Waals surface area contributed by atoms with Crippen LogP contribution in [-0.2, 0) is 23.7 Å². The average Bonchev–Trinajstić information content (AvgIpc) is 3.70. The van der Waals surface area contributed by atoms with E-state index < -0.39 is 186 Å². The third-order valence-corrected chi connectivity index (χ3v) is 10.0. The second-order valence-electron chi connectivity index (χ2n) is 13.2. The zero-order valence-corrected chi connectivity index (χ0v) is 28.4. The largest absolute Gasteiger partial charge is 0.507 e. The third kappa shape index (κ3) is 5.08. The molecule has 4 aliphatic rings. The number of hydrogen-bond donors (Lipinski definition) is 12. The van der Waals surface area contributed by atoms with Crippen LogP contribution in [-0.4, -0.2) is 122 Å². The first kappa shape index (κ1) is 37.1. The first-order chi connectivity index (χ1) is 27.3. The number of rotatable bonds is 0. The SMILES string of the molecule is O=C1OCC2OC(=O)c3cc(O)c(O)c(O)c3C3OC(=O)c4cc5c(c(O)c43)C(OC5=O)C(O)C(O)C2OC(=O)c2cc(O)c(O)c(O)c2-c2c1cc(O)c(O)c2O. The Morgan fingerprint density at radius 2 is 0.879 bits per heavy atom. The van der Waals surface area contributed by atoms with Gasteiger partial charge in [0, 0.05) is 11.1 Å². The monoisotopic (exact) mass is 808 g/mol. The molecule has 4 aromatic carbocycles. The maximum atomic E-state index is 14.1. The molecule has 2 bridgehead atoms. The van der Waals surface area contributed by atoms with Gasteiger partial charge < -0.3 is 85.0 Å². The lowest BCUT2D eigenvalue weighted by atomic mass is 9.87. The van der Waals surface area contributed by atoms with Crippen molar-refractivity contribution in [3.8, 4) is 68.6 Å². The minimum Gasteiger partial charge on any atom is -0.507 e. The first-order valence-electron chi connectivity index (χ1n) is 16.4. The van der Waals surface area contributed by atoms with E-state index in [0.29, 0.717) is 18.2 Å². The van der Waals surface area contributed by atoms with E-state index in [0.717, 1.165) is 6.07 Å². The number of carbonyl (C=O) groups is 5. The summed E-state index contributed by atoms with van der Waals surface area (Å²) in [4.78, 5) is 68.2. The normalized spacial score (nSPS) is 23.4. The summed E-state index contributed by atoms with van der Waals surface area (Å²) in [6.07, 6.45) is -14.2. The Hall–Kier alpha value is -7.85. The quantitative estimate of drug-likeness (QED) is 0.0655. The molecule has 22 heteroatoms. The van der Waals surface area contributed by atoms with Gasteiger partial charge in [-0.25, -0.2) is 24.0 Å². The first-order valence-corrected chi connectivity index (χ1v) is 16.4. The van der Waals surface area contributed by atoms with Gasteiger partial charge in [0.25, 0.3) is 0 Å². The van der Waals surface area contributed by atoms with E-state index in [1.54, 1.807) is 0 Å². The van der Waals surface area contributed by atoms with Crippen molar-refractivity contribution in [3.63, 3.8) is 0 Å². The Morgan fingerprint density at radius 1 is 0.431 bits per heavy atom. The summed E-state index contributed by atoms with van der Waals surface area (Å²) >= 11 is 0. The van der Waals surface area contributed by atoms with Gasteiger partial charge in [-0.05, 0) is 24.3 Å². The summed E-state index contributed by atoms with van der Waals surface area (Å²) in [6, 6.07) is 2.27. The number of aliphatic hydroxyl groups is 2. The molecule has 6 unspecified atom stereocenters. The molecule has 0 spiro atoms. The van der Waals surface area contributed by atoms with E-state index in [9.17, 15) is 85.3 Å². The predicted octanol–water partition coefficient (Wildman–Crippen LogP) is 0.538. The van der Waals surface area contributed by atoms with Crippen molar-refractivity contribution < 1.29 is 109 Å². The Morgan fingerprint density at radius 3 is 1.48 bits per heavy atom. The number of phenols is 10. The second kappa shape index (κ2) is 12.6. The second-order valence-corrected chi connectivity index (χ2v) is 13.2. The van der Waals surface area contributed by atoms with Crippen LogP contribution in [0.1, 0.15) is 80.7 Å². The van der Waals surface area contributed by atoms with Crippen molar-refractivity contribution in [2.24, 2.45) is 0 Å². The Kier molecular flexibility index (Phi) is 8.05. The number of ether oxygens (including phenoxy) is 5. The number of fused-ring (bicyclic) bond motifs is 6. The lowest BCUT2D eigenvalue weighted by Gasteiger charge is -2.33. The molecule has 8 rings (SSSR count). The number of hydrogen-bond acceptors (Lipinski definition) is 22. The van der Waals surface area contributed by atoms with Crippen LogP contribution in [0.2, 0.25) is 0 Å². The maximum absolute atomic E-state index is 14.1. The van der Waals surface area contributed by atoms with Crippen LogP contribution in [0.25, 0.3) is 11.1 Å². The Balaban J connectivity index is 1.39. The third-order valence-electron chi connectivity index (χ3n) is 10.0. The molecule has 4 aromatic rings. The number of cyclic esters (lactones) is 1. The lowest BCUT2D eigenvalue weighted by molar-refractivity contribution is -0.146. The van der Waals surface area contributed by atoms with E-state index in [4.69, 9.17) is 23.7 Å². The molecule has 0 saturated heterocycles. The molecule has 12 N–H and O–H groups in total. The van der Waals surface area contributed by atoms with Gasteiger partial charge >= 0.3 is 29.8 Å². The molecule has 6 atom stereocenters. The summed E-state index contributed by atoms with van der Waals surface area (Å²) < 4.78 is 26.9. The number of phenolic OH excluding ortho intramolecular Hbond substituents is 10. The molecular weight excluding hydrogens is 784 g/mol. The van der Waals surface area contributed by atoms with Crippen LogP contribution in [0.3, 0.4) is 0 Å². The number of esters is 5. The molecule has 4 heterocycles. The molecule has 0 aliphatic carbocycles. The summed E-state index contributed by atoms with van der Waals surface area (Å²) in [5.74, 6) is -20.3. The average molecular weight is 809 g/mol. The van der Waals surface area contributed by atoms with E-state index in [1.807, 2.05) is 0 Å². The van der Waals surface area contributed by atoms with Crippen LogP contribution in [0.4, 0.5) is 0 Å². The minimum absolute atomic E-state index is 0.423. The highest BCUT2D eigenvalue weighted by Crippen LogP contribution is 2.55. The van der Waals surface area contributed by atoms with E-state index >= 15 is 0 Å². The van der Waals surface area contributed by atoms with Crippen LogP contribution in [0.15, 0.2) is 24.3 Å². The highest BCUT2D eigenvalue weighted by molar-refractivity contribution is 6.09. The van der Waals surface area contributed by atoms with Crippen LogP contribution in [0, 0.1) is 0 Å². The van der Waals surface area contributed by atoms with Gasteiger partial charge in [0.05, 0.1) is 44.5 Å². The summed E-state index contributed by atoms with van der Waals surface area (Å²) in [5.41, 5.74) is -8.17. The number of benzene rings is 4. The number of aliphatic hydroxyl groups excluding tert-OH is 2. The van der Waals surface area contributed by atoms with Crippen LogP contribution >= 0.6 is 0 Å². The molecule has 22 nitrogen and oxygen atoms in total. The Bertz CT molecular complexity index is 2590. The van der Waals surface area contributed by atoms with Crippen molar-refractivity contribution in [1.29, 1.82) is 0 Å². The maximum Gasteiger partial charge on any atom is 0.339 e. The molecule has 4 aliphatic heterocycles.